The molecule has 1 aliphatic rings. The Morgan fingerprint density at radius 2 is 2.08 bits per heavy atom. The van der Waals surface area contributed by atoms with Gasteiger partial charge < -0.3 is 9.84 Å². The zero-order chi connectivity index (χ0) is 16.7. The lowest BCUT2D eigenvalue weighted by atomic mass is 9.85. The van der Waals surface area contributed by atoms with Gasteiger partial charge in [-0.2, -0.15) is 0 Å². The van der Waals surface area contributed by atoms with Crippen molar-refractivity contribution in [3.05, 3.63) is 70.8 Å². The zero-order valence-electron chi connectivity index (χ0n) is 12.5. The molecule has 0 fully saturated rings. The lowest BCUT2D eigenvalue weighted by Gasteiger charge is -2.32. The molecule has 0 saturated heterocycles. The number of aliphatic hydroxyl groups is 1. The standard InChI is InChI=1S/C17H13ClFN3O2/c18-13-9-11(19)5-6-14(13)22-10-16(20-21-22)17(23)7-8-24-15-4-2-1-3-12(15)17/h1-6,9-10,23H,7-8H2. The number of para-hydroxylation sites is 1. The van der Waals surface area contributed by atoms with E-state index in [2.05, 4.69) is 10.3 Å². The Morgan fingerprint density at radius 1 is 1.25 bits per heavy atom. The number of hydrogen-bond donors (Lipinski definition) is 1. The van der Waals surface area contributed by atoms with E-state index in [-0.39, 0.29) is 5.02 Å². The van der Waals surface area contributed by atoms with Crippen LogP contribution in [-0.4, -0.2) is 26.7 Å². The second-order valence-electron chi connectivity index (χ2n) is 5.60. The summed E-state index contributed by atoms with van der Waals surface area (Å²) >= 11 is 6.06. The number of rotatable bonds is 2. The normalized spacial score (nSPS) is 19.6. The molecule has 7 heteroatoms. The number of nitrogens with zero attached hydrogens (tertiary/aromatic N) is 3. The summed E-state index contributed by atoms with van der Waals surface area (Å²) in [7, 11) is 0. The Balaban J connectivity index is 1.78. The number of benzene rings is 2. The Morgan fingerprint density at radius 3 is 2.92 bits per heavy atom. The van der Waals surface area contributed by atoms with E-state index in [0.717, 1.165) is 0 Å². The molecular formula is C17H13ClFN3O2. The van der Waals surface area contributed by atoms with Gasteiger partial charge in [0.25, 0.3) is 0 Å². The summed E-state index contributed by atoms with van der Waals surface area (Å²) in [4.78, 5) is 0. The van der Waals surface area contributed by atoms with Gasteiger partial charge in [0.05, 0.1) is 23.5 Å². The maximum atomic E-state index is 13.2. The number of hydrogen-bond acceptors (Lipinski definition) is 4. The van der Waals surface area contributed by atoms with Crippen LogP contribution in [0.1, 0.15) is 17.7 Å². The first-order valence-electron chi connectivity index (χ1n) is 7.41. The average Bonchev–Trinajstić information content (AvgIpc) is 3.06. The van der Waals surface area contributed by atoms with Crippen LogP contribution in [0.25, 0.3) is 5.69 Å². The van der Waals surface area contributed by atoms with Crippen LogP contribution in [0.5, 0.6) is 5.75 Å². The second-order valence-corrected chi connectivity index (χ2v) is 6.01. The van der Waals surface area contributed by atoms with E-state index in [1.54, 1.807) is 18.3 Å². The lowest BCUT2D eigenvalue weighted by molar-refractivity contribution is 0.0310. The first-order valence-corrected chi connectivity index (χ1v) is 7.79. The minimum Gasteiger partial charge on any atom is -0.493 e. The molecule has 1 N–H and O–H groups in total. The number of fused-ring (bicyclic) bond motifs is 1. The topological polar surface area (TPSA) is 60.2 Å². The van der Waals surface area contributed by atoms with E-state index in [4.69, 9.17) is 16.3 Å². The fourth-order valence-corrected chi connectivity index (χ4v) is 3.14. The van der Waals surface area contributed by atoms with Gasteiger partial charge in [0.15, 0.2) is 0 Å². The molecule has 0 radical (unpaired) electrons. The van der Waals surface area contributed by atoms with Gasteiger partial charge in [0, 0.05) is 12.0 Å². The fraction of sp³-hybridized carbons (Fsp3) is 0.176. The van der Waals surface area contributed by atoms with E-state index < -0.39 is 11.4 Å². The SMILES string of the molecule is OC1(c2cn(-c3ccc(F)cc3Cl)nn2)CCOc2ccccc21. The maximum absolute atomic E-state index is 13.2. The first kappa shape index (κ1) is 15.1. The largest absolute Gasteiger partial charge is 0.493 e. The quantitative estimate of drug-likeness (QED) is 0.775. The Kier molecular flexibility index (Phi) is 3.51. The van der Waals surface area contributed by atoms with Crippen molar-refractivity contribution in [2.75, 3.05) is 6.61 Å². The molecule has 1 unspecified atom stereocenters. The first-order chi connectivity index (χ1) is 11.6. The van der Waals surface area contributed by atoms with Crippen molar-refractivity contribution in [1.29, 1.82) is 0 Å². The molecule has 0 spiro atoms. The van der Waals surface area contributed by atoms with Crippen molar-refractivity contribution in [3.63, 3.8) is 0 Å². The molecule has 2 aromatic carbocycles. The Bertz CT molecular complexity index is 914. The van der Waals surface area contributed by atoms with Crippen molar-refractivity contribution in [2.24, 2.45) is 0 Å². The third kappa shape index (κ3) is 2.35. The zero-order valence-corrected chi connectivity index (χ0v) is 13.2. The molecule has 1 atom stereocenters. The van der Waals surface area contributed by atoms with Crippen LogP contribution in [0.15, 0.2) is 48.7 Å². The van der Waals surface area contributed by atoms with Crippen LogP contribution in [0.3, 0.4) is 0 Å². The van der Waals surface area contributed by atoms with Crippen LogP contribution in [0, 0.1) is 5.82 Å². The van der Waals surface area contributed by atoms with E-state index in [0.29, 0.717) is 35.7 Å². The molecule has 1 aromatic heterocycles. The molecule has 0 amide bonds. The summed E-state index contributed by atoms with van der Waals surface area (Å²) in [5.74, 6) is 0.196. The number of halogens is 2. The average molecular weight is 346 g/mol. The van der Waals surface area contributed by atoms with Gasteiger partial charge in [-0.3, -0.25) is 0 Å². The second kappa shape index (κ2) is 5.58. The molecule has 3 aromatic rings. The minimum atomic E-state index is -1.29. The molecule has 24 heavy (non-hydrogen) atoms. The summed E-state index contributed by atoms with van der Waals surface area (Å²) in [5, 5.41) is 19.5. The van der Waals surface area contributed by atoms with Gasteiger partial charge in [0.2, 0.25) is 0 Å². The van der Waals surface area contributed by atoms with Crippen molar-refractivity contribution < 1.29 is 14.2 Å². The smallest absolute Gasteiger partial charge is 0.142 e. The highest BCUT2D eigenvalue weighted by molar-refractivity contribution is 6.32. The van der Waals surface area contributed by atoms with Crippen molar-refractivity contribution in [3.8, 4) is 11.4 Å². The van der Waals surface area contributed by atoms with E-state index in [1.165, 1.54) is 22.9 Å². The highest BCUT2D eigenvalue weighted by atomic mass is 35.5. The predicted octanol–water partition coefficient (Wildman–Crippen LogP) is 3.08. The molecule has 0 saturated carbocycles. The Hall–Kier alpha value is -2.44. The molecule has 122 valence electrons. The van der Waals surface area contributed by atoms with Crippen molar-refractivity contribution in [1.82, 2.24) is 15.0 Å². The summed E-state index contributed by atoms with van der Waals surface area (Å²) in [6, 6.07) is 11.3. The summed E-state index contributed by atoms with van der Waals surface area (Å²) < 4.78 is 20.2. The summed E-state index contributed by atoms with van der Waals surface area (Å²) in [6.45, 7) is 0.373. The number of ether oxygens (including phenoxy) is 1. The molecule has 4 rings (SSSR count). The molecule has 5 nitrogen and oxygen atoms in total. The lowest BCUT2D eigenvalue weighted by Crippen LogP contribution is -2.34. The van der Waals surface area contributed by atoms with E-state index in [9.17, 15) is 9.50 Å². The highest BCUT2D eigenvalue weighted by Crippen LogP contribution is 2.40. The summed E-state index contributed by atoms with van der Waals surface area (Å²) in [6.07, 6.45) is 1.96. The molecule has 1 aliphatic heterocycles. The van der Waals surface area contributed by atoms with Gasteiger partial charge in [-0.25, -0.2) is 9.07 Å². The molecule has 2 heterocycles. The minimum absolute atomic E-state index is 0.214. The number of aromatic nitrogens is 3. The van der Waals surface area contributed by atoms with Crippen LogP contribution in [-0.2, 0) is 5.60 Å². The monoisotopic (exact) mass is 345 g/mol. The van der Waals surface area contributed by atoms with Gasteiger partial charge in [-0.15, -0.1) is 5.10 Å². The van der Waals surface area contributed by atoms with Gasteiger partial charge in [0.1, 0.15) is 22.9 Å². The molecule has 0 bridgehead atoms. The van der Waals surface area contributed by atoms with Crippen molar-refractivity contribution in [2.45, 2.75) is 12.0 Å². The summed E-state index contributed by atoms with van der Waals surface area (Å²) in [5.41, 5.74) is 0.229. The Labute approximate surface area is 142 Å². The predicted molar refractivity (Wildman–Crippen MR) is 85.9 cm³/mol. The van der Waals surface area contributed by atoms with E-state index >= 15 is 0 Å². The van der Waals surface area contributed by atoms with Gasteiger partial charge in [-0.1, -0.05) is 35.0 Å². The van der Waals surface area contributed by atoms with Gasteiger partial charge in [-0.05, 0) is 24.3 Å². The van der Waals surface area contributed by atoms with Crippen molar-refractivity contribution >= 4 is 11.6 Å². The van der Waals surface area contributed by atoms with Gasteiger partial charge >= 0.3 is 0 Å². The third-order valence-electron chi connectivity index (χ3n) is 4.13. The molecule has 0 aliphatic carbocycles. The van der Waals surface area contributed by atoms with Crippen LogP contribution in [0.2, 0.25) is 5.02 Å². The maximum Gasteiger partial charge on any atom is 0.142 e. The van der Waals surface area contributed by atoms with Crippen LogP contribution < -0.4 is 4.74 Å². The highest BCUT2D eigenvalue weighted by Gasteiger charge is 2.39. The van der Waals surface area contributed by atoms with Crippen LogP contribution >= 0.6 is 11.6 Å². The van der Waals surface area contributed by atoms with Crippen LogP contribution in [0.4, 0.5) is 4.39 Å². The fourth-order valence-electron chi connectivity index (χ4n) is 2.88. The third-order valence-corrected chi connectivity index (χ3v) is 4.43. The molecular weight excluding hydrogens is 333 g/mol. The van der Waals surface area contributed by atoms with E-state index in [1.807, 2.05) is 12.1 Å².